The normalized spacial score (nSPS) is 10.3. The number of carbonyl (C=O) groups is 3. The summed E-state index contributed by atoms with van der Waals surface area (Å²) in [7, 11) is 0. The highest BCUT2D eigenvalue weighted by molar-refractivity contribution is 6.30. The summed E-state index contributed by atoms with van der Waals surface area (Å²) in [5.74, 6) is -0.342. The van der Waals surface area contributed by atoms with Gasteiger partial charge in [-0.15, -0.1) is 0 Å². The molecule has 0 atom stereocenters. The maximum atomic E-state index is 12.1. The third kappa shape index (κ3) is 5.70. The second-order valence-corrected chi connectivity index (χ2v) is 6.36. The molecular weight excluding hydrogens is 352 g/mol. The Morgan fingerprint density at radius 1 is 0.962 bits per heavy atom. The number of carbonyl (C=O) groups excluding carboxylic acids is 3. The molecule has 2 aromatic rings. The molecule has 0 saturated heterocycles. The Morgan fingerprint density at radius 3 is 2.12 bits per heavy atom. The third-order valence-electron chi connectivity index (χ3n) is 3.93. The number of hydrogen-bond acceptors (Lipinski definition) is 3. The van der Waals surface area contributed by atoms with Gasteiger partial charge in [-0.05, 0) is 48.9 Å². The molecule has 0 aliphatic carbocycles. The Balaban J connectivity index is 1.91. The van der Waals surface area contributed by atoms with Crippen LogP contribution in [-0.2, 0) is 16.1 Å². The van der Waals surface area contributed by atoms with Crippen molar-refractivity contribution in [3.8, 4) is 0 Å². The van der Waals surface area contributed by atoms with E-state index in [1.807, 2.05) is 12.1 Å². The fourth-order valence-corrected chi connectivity index (χ4v) is 2.58. The minimum Gasteiger partial charge on any atom is -0.352 e. The predicted molar refractivity (Wildman–Crippen MR) is 102 cm³/mol. The van der Waals surface area contributed by atoms with Gasteiger partial charge in [0.25, 0.3) is 0 Å². The van der Waals surface area contributed by atoms with Gasteiger partial charge < -0.3 is 10.2 Å². The number of nitrogens with zero attached hydrogens (tertiary/aromatic N) is 1. The van der Waals surface area contributed by atoms with Crippen molar-refractivity contribution in [3.63, 3.8) is 0 Å². The van der Waals surface area contributed by atoms with Crippen molar-refractivity contribution in [2.24, 2.45) is 0 Å². The summed E-state index contributed by atoms with van der Waals surface area (Å²) in [4.78, 5) is 36.8. The lowest BCUT2D eigenvalue weighted by molar-refractivity contribution is -0.121. The average Bonchev–Trinajstić information content (AvgIpc) is 2.61. The molecule has 0 aromatic heterocycles. The van der Waals surface area contributed by atoms with Crippen LogP contribution in [0.5, 0.6) is 0 Å². The van der Waals surface area contributed by atoms with Crippen LogP contribution in [0.2, 0.25) is 5.02 Å². The van der Waals surface area contributed by atoms with Crippen molar-refractivity contribution in [2.75, 3.05) is 11.4 Å². The molecule has 136 valence electrons. The Hall–Kier alpha value is -2.66. The summed E-state index contributed by atoms with van der Waals surface area (Å²) in [6.07, 6.45) is 0.182. The van der Waals surface area contributed by atoms with E-state index < -0.39 is 0 Å². The largest absolute Gasteiger partial charge is 0.352 e. The van der Waals surface area contributed by atoms with Crippen LogP contribution in [-0.4, -0.2) is 24.1 Å². The summed E-state index contributed by atoms with van der Waals surface area (Å²) in [5.41, 5.74) is 2.19. The Morgan fingerprint density at radius 2 is 1.58 bits per heavy atom. The summed E-state index contributed by atoms with van der Waals surface area (Å²) >= 11 is 5.83. The van der Waals surface area contributed by atoms with E-state index in [-0.39, 0.29) is 30.6 Å². The molecule has 5 nitrogen and oxygen atoms in total. The molecule has 0 bridgehead atoms. The van der Waals surface area contributed by atoms with Gasteiger partial charge in [-0.25, -0.2) is 0 Å². The summed E-state index contributed by atoms with van der Waals surface area (Å²) in [6, 6.07) is 14.0. The molecule has 2 rings (SSSR count). The number of hydrogen-bond donors (Lipinski definition) is 1. The summed E-state index contributed by atoms with van der Waals surface area (Å²) in [5, 5.41) is 3.47. The van der Waals surface area contributed by atoms with Gasteiger partial charge in [0.15, 0.2) is 5.78 Å². The first kappa shape index (κ1) is 19.7. The average molecular weight is 373 g/mol. The van der Waals surface area contributed by atoms with Gasteiger partial charge in [-0.1, -0.05) is 23.7 Å². The van der Waals surface area contributed by atoms with Gasteiger partial charge in [0.05, 0.1) is 0 Å². The van der Waals surface area contributed by atoms with Gasteiger partial charge in [-0.2, -0.15) is 0 Å². The van der Waals surface area contributed by atoms with E-state index >= 15 is 0 Å². The zero-order valence-electron chi connectivity index (χ0n) is 14.8. The van der Waals surface area contributed by atoms with Crippen molar-refractivity contribution < 1.29 is 14.4 Å². The lowest BCUT2D eigenvalue weighted by Gasteiger charge is -2.21. The summed E-state index contributed by atoms with van der Waals surface area (Å²) in [6.45, 7) is 3.61. The Kier molecular flexibility index (Phi) is 6.92. The number of amides is 2. The van der Waals surface area contributed by atoms with Crippen molar-refractivity contribution in [1.29, 1.82) is 0 Å². The van der Waals surface area contributed by atoms with E-state index in [4.69, 9.17) is 11.6 Å². The van der Waals surface area contributed by atoms with Crippen molar-refractivity contribution >= 4 is 34.9 Å². The Bertz CT molecular complexity index is 786. The maximum absolute atomic E-state index is 12.1. The minimum absolute atomic E-state index is 0.0347. The van der Waals surface area contributed by atoms with Crippen LogP contribution in [0.4, 0.5) is 5.69 Å². The fraction of sp³-hybridized carbons (Fsp3) is 0.250. The standard InChI is InChI=1S/C20H21ClN2O3/c1-14(24)17-5-9-19(10-6-17)23(15(2)25)12-11-20(26)22-13-16-3-7-18(21)8-4-16/h3-10H,11-13H2,1-2H3,(H,22,26). The van der Waals surface area contributed by atoms with Crippen LogP contribution >= 0.6 is 11.6 Å². The summed E-state index contributed by atoms with van der Waals surface area (Å²) < 4.78 is 0. The topological polar surface area (TPSA) is 66.5 Å². The molecule has 0 saturated carbocycles. The molecule has 2 aromatic carbocycles. The predicted octanol–water partition coefficient (Wildman–Crippen LogP) is 3.60. The van der Waals surface area contributed by atoms with Crippen LogP contribution in [0.1, 0.15) is 36.2 Å². The highest BCUT2D eigenvalue weighted by Crippen LogP contribution is 2.16. The SMILES string of the molecule is CC(=O)c1ccc(N(CCC(=O)NCc2ccc(Cl)cc2)C(C)=O)cc1. The number of anilines is 1. The van der Waals surface area contributed by atoms with E-state index in [1.54, 1.807) is 36.4 Å². The van der Waals surface area contributed by atoms with Gasteiger partial charge >= 0.3 is 0 Å². The number of halogens is 1. The highest BCUT2D eigenvalue weighted by Gasteiger charge is 2.14. The Labute approximate surface area is 158 Å². The van der Waals surface area contributed by atoms with Gasteiger partial charge in [-0.3, -0.25) is 14.4 Å². The third-order valence-corrected chi connectivity index (χ3v) is 4.18. The smallest absolute Gasteiger partial charge is 0.223 e. The van der Waals surface area contributed by atoms with Crippen LogP contribution in [0, 0.1) is 0 Å². The number of nitrogens with one attached hydrogen (secondary N) is 1. The molecule has 2 amide bonds. The molecular formula is C20H21ClN2O3. The molecule has 1 N–H and O–H groups in total. The molecule has 0 aliphatic rings. The zero-order chi connectivity index (χ0) is 19.1. The van der Waals surface area contributed by atoms with Gasteiger partial charge in [0, 0.05) is 42.7 Å². The lowest BCUT2D eigenvalue weighted by atomic mass is 10.1. The molecule has 26 heavy (non-hydrogen) atoms. The zero-order valence-corrected chi connectivity index (χ0v) is 15.5. The van der Waals surface area contributed by atoms with E-state index in [2.05, 4.69) is 5.32 Å². The first-order chi connectivity index (χ1) is 12.4. The second kappa shape index (κ2) is 9.15. The first-order valence-corrected chi connectivity index (χ1v) is 8.65. The number of ketones is 1. The number of rotatable bonds is 7. The molecule has 0 heterocycles. The molecule has 0 fully saturated rings. The minimum atomic E-state index is -0.161. The number of benzene rings is 2. The van der Waals surface area contributed by atoms with E-state index in [9.17, 15) is 14.4 Å². The van der Waals surface area contributed by atoms with Crippen LogP contribution in [0.3, 0.4) is 0 Å². The van der Waals surface area contributed by atoms with Crippen LogP contribution < -0.4 is 10.2 Å². The molecule has 0 unspecified atom stereocenters. The van der Waals surface area contributed by atoms with Gasteiger partial charge in [0.1, 0.15) is 0 Å². The monoisotopic (exact) mass is 372 g/mol. The molecule has 0 spiro atoms. The van der Waals surface area contributed by atoms with Crippen molar-refractivity contribution in [2.45, 2.75) is 26.8 Å². The van der Waals surface area contributed by atoms with E-state index in [1.165, 1.54) is 18.7 Å². The molecule has 0 aliphatic heterocycles. The fourth-order valence-electron chi connectivity index (χ4n) is 2.45. The first-order valence-electron chi connectivity index (χ1n) is 8.27. The van der Waals surface area contributed by atoms with E-state index in [0.29, 0.717) is 22.8 Å². The van der Waals surface area contributed by atoms with Crippen molar-refractivity contribution in [1.82, 2.24) is 5.32 Å². The van der Waals surface area contributed by atoms with E-state index in [0.717, 1.165) is 5.56 Å². The number of Topliss-reactive ketones (excluding diaryl/α,β-unsaturated/α-hetero) is 1. The maximum Gasteiger partial charge on any atom is 0.223 e. The van der Waals surface area contributed by atoms with Gasteiger partial charge in [0.2, 0.25) is 11.8 Å². The molecule has 6 heteroatoms. The quantitative estimate of drug-likeness (QED) is 0.755. The second-order valence-electron chi connectivity index (χ2n) is 5.93. The van der Waals surface area contributed by atoms with Crippen LogP contribution in [0.15, 0.2) is 48.5 Å². The molecule has 0 radical (unpaired) electrons. The van der Waals surface area contributed by atoms with Crippen molar-refractivity contribution in [3.05, 3.63) is 64.7 Å². The van der Waals surface area contributed by atoms with Crippen LogP contribution in [0.25, 0.3) is 0 Å². The lowest BCUT2D eigenvalue weighted by Crippen LogP contribution is -2.33. The highest BCUT2D eigenvalue weighted by atomic mass is 35.5.